The van der Waals surface area contributed by atoms with Crippen LogP contribution in [0.4, 0.5) is 0 Å². The van der Waals surface area contributed by atoms with Crippen LogP contribution in [0.15, 0.2) is 47.4 Å². The van der Waals surface area contributed by atoms with E-state index >= 15 is 0 Å². The summed E-state index contributed by atoms with van der Waals surface area (Å²) < 4.78 is 25.1. The molecule has 0 radical (unpaired) electrons. The zero-order valence-electron chi connectivity index (χ0n) is 10.4. The fourth-order valence-corrected chi connectivity index (χ4v) is 4.22. The van der Waals surface area contributed by atoms with Gasteiger partial charge in [0.2, 0.25) is 0 Å². The first-order valence-corrected chi connectivity index (χ1v) is 7.72. The van der Waals surface area contributed by atoms with Crippen molar-refractivity contribution in [3.63, 3.8) is 0 Å². The predicted molar refractivity (Wildman–Crippen MR) is 71.0 cm³/mol. The van der Waals surface area contributed by atoms with Crippen molar-refractivity contribution in [2.45, 2.75) is 36.0 Å². The Bertz CT molecular complexity index is 519. The smallest absolute Gasteiger partial charge is 0.185 e. The Balaban J connectivity index is 2.40. The molecule has 2 rings (SSSR count). The minimum Gasteiger partial charge on any atom is -0.393 e. The van der Waals surface area contributed by atoms with Gasteiger partial charge in [0.05, 0.1) is 16.2 Å². The molecule has 3 atom stereocenters. The van der Waals surface area contributed by atoms with Crippen molar-refractivity contribution in [1.29, 1.82) is 0 Å². The Hall–Kier alpha value is -1.13. The van der Waals surface area contributed by atoms with Gasteiger partial charge in [-0.1, -0.05) is 37.3 Å². The number of sulfone groups is 1. The van der Waals surface area contributed by atoms with E-state index in [1.165, 1.54) is 0 Å². The summed E-state index contributed by atoms with van der Waals surface area (Å²) in [5.74, 6) is -0.283. The van der Waals surface area contributed by atoms with Gasteiger partial charge < -0.3 is 5.11 Å². The SMILES string of the molecule is C[C@H]1C(S(=O)(=O)c2ccccc2)C=CCC[C@H]1O. The van der Waals surface area contributed by atoms with E-state index in [1.54, 1.807) is 43.3 Å². The maximum atomic E-state index is 12.5. The summed E-state index contributed by atoms with van der Waals surface area (Å²) in [4.78, 5) is 0.320. The zero-order chi connectivity index (χ0) is 13.2. The highest BCUT2D eigenvalue weighted by molar-refractivity contribution is 7.92. The van der Waals surface area contributed by atoms with Crippen LogP contribution in [0.1, 0.15) is 19.8 Å². The minimum absolute atomic E-state index is 0.283. The molecule has 1 N–H and O–H groups in total. The number of rotatable bonds is 2. The topological polar surface area (TPSA) is 54.4 Å². The van der Waals surface area contributed by atoms with Crippen molar-refractivity contribution in [2.24, 2.45) is 5.92 Å². The lowest BCUT2D eigenvalue weighted by molar-refractivity contribution is 0.113. The quantitative estimate of drug-likeness (QED) is 0.835. The molecule has 0 amide bonds. The summed E-state index contributed by atoms with van der Waals surface area (Å²) in [5, 5.41) is 9.29. The number of aliphatic hydroxyl groups is 1. The van der Waals surface area contributed by atoms with Gasteiger partial charge in [-0.05, 0) is 25.0 Å². The molecule has 0 spiro atoms. The van der Waals surface area contributed by atoms with E-state index in [-0.39, 0.29) is 5.92 Å². The highest BCUT2D eigenvalue weighted by Crippen LogP contribution is 2.28. The van der Waals surface area contributed by atoms with Crippen LogP contribution in [0.5, 0.6) is 0 Å². The van der Waals surface area contributed by atoms with Crippen molar-refractivity contribution in [3.05, 3.63) is 42.5 Å². The molecule has 0 saturated carbocycles. The first-order valence-electron chi connectivity index (χ1n) is 6.17. The minimum atomic E-state index is -3.41. The predicted octanol–water partition coefficient (Wildman–Crippen LogP) is 2.18. The molecule has 1 aliphatic rings. The summed E-state index contributed by atoms with van der Waals surface area (Å²) in [7, 11) is -3.41. The second kappa shape index (κ2) is 5.24. The van der Waals surface area contributed by atoms with E-state index in [0.717, 1.165) is 6.42 Å². The Kier molecular flexibility index (Phi) is 3.88. The summed E-state index contributed by atoms with van der Waals surface area (Å²) in [6, 6.07) is 8.43. The number of hydrogen-bond donors (Lipinski definition) is 1. The molecule has 1 aromatic rings. The Labute approximate surface area is 108 Å². The molecular weight excluding hydrogens is 248 g/mol. The average molecular weight is 266 g/mol. The molecule has 0 aliphatic heterocycles. The van der Waals surface area contributed by atoms with E-state index < -0.39 is 21.2 Å². The van der Waals surface area contributed by atoms with Crippen LogP contribution in [0.2, 0.25) is 0 Å². The first-order chi connectivity index (χ1) is 8.53. The molecule has 3 nitrogen and oxygen atoms in total. The van der Waals surface area contributed by atoms with Crippen LogP contribution < -0.4 is 0 Å². The van der Waals surface area contributed by atoms with Gasteiger partial charge in [0.1, 0.15) is 0 Å². The van der Waals surface area contributed by atoms with E-state index in [4.69, 9.17) is 0 Å². The molecule has 1 aromatic carbocycles. The Morgan fingerprint density at radius 1 is 1.22 bits per heavy atom. The maximum absolute atomic E-state index is 12.5. The third kappa shape index (κ3) is 2.49. The molecule has 0 saturated heterocycles. The van der Waals surface area contributed by atoms with Crippen molar-refractivity contribution >= 4 is 9.84 Å². The molecule has 1 aliphatic carbocycles. The summed E-state index contributed by atoms with van der Waals surface area (Å²) in [6.45, 7) is 1.80. The lowest BCUT2D eigenvalue weighted by Crippen LogP contribution is -2.33. The molecule has 0 fully saturated rings. The third-order valence-electron chi connectivity index (χ3n) is 3.51. The normalized spacial score (nSPS) is 28.9. The van der Waals surface area contributed by atoms with E-state index in [2.05, 4.69) is 0 Å². The Morgan fingerprint density at radius 3 is 2.56 bits per heavy atom. The molecule has 0 bridgehead atoms. The van der Waals surface area contributed by atoms with Crippen LogP contribution in [0.25, 0.3) is 0 Å². The zero-order valence-corrected chi connectivity index (χ0v) is 11.2. The van der Waals surface area contributed by atoms with Gasteiger partial charge in [-0.15, -0.1) is 0 Å². The number of hydrogen-bond acceptors (Lipinski definition) is 3. The van der Waals surface area contributed by atoms with Crippen molar-refractivity contribution in [2.75, 3.05) is 0 Å². The fourth-order valence-electron chi connectivity index (χ4n) is 2.31. The second-order valence-corrected chi connectivity index (χ2v) is 6.86. The second-order valence-electron chi connectivity index (χ2n) is 4.75. The number of aliphatic hydroxyl groups excluding tert-OH is 1. The van der Waals surface area contributed by atoms with Gasteiger partial charge in [0, 0.05) is 5.92 Å². The molecule has 18 heavy (non-hydrogen) atoms. The largest absolute Gasteiger partial charge is 0.393 e. The molecule has 98 valence electrons. The van der Waals surface area contributed by atoms with Crippen LogP contribution in [0, 0.1) is 5.92 Å². The molecular formula is C14H18O3S. The van der Waals surface area contributed by atoms with Gasteiger partial charge >= 0.3 is 0 Å². The lowest BCUT2D eigenvalue weighted by atomic mass is 10.00. The van der Waals surface area contributed by atoms with Gasteiger partial charge in [-0.25, -0.2) is 8.42 Å². The van der Waals surface area contributed by atoms with Crippen molar-refractivity contribution in [1.82, 2.24) is 0 Å². The lowest BCUT2D eigenvalue weighted by Gasteiger charge is -2.23. The van der Waals surface area contributed by atoms with Crippen LogP contribution >= 0.6 is 0 Å². The van der Waals surface area contributed by atoms with Gasteiger partial charge in [0.15, 0.2) is 9.84 Å². The fraction of sp³-hybridized carbons (Fsp3) is 0.429. The van der Waals surface area contributed by atoms with Crippen molar-refractivity contribution < 1.29 is 13.5 Å². The van der Waals surface area contributed by atoms with Gasteiger partial charge in [-0.2, -0.15) is 0 Å². The monoisotopic (exact) mass is 266 g/mol. The summed E-state index contributed by atoms with van der Waals surface area (Å²) >= 11 is 0. The first kappa shape index (κ1) is 13.3. The third-order valence-corrected chi connectivity index (χ3v) is 5.74. The van der Waals surface area contributed by atoms with E-state index in [9.17, 15) is 13.5 Å². The summed E-state index contributed by atoms with van der Waals surface area (Å²) in [6.07, 6.45) is 4.37. The van der Waals surface area contributed by atoms with E-state index in [1.807, 2.05) is 6.08 Å². The van der Waals surface area contributed by atoms with Crippen molar-refractivity contribution in [3.8, 4) is 0 Å². The van der Waals surface area contributed by atoms with Gasteiger partial charge in [0.25, 0.3) is 0 Å². The van der Waals surface area contributed by atoms with Crippen LogP contribution in [-0.2, 0) is 9.84 Å². The number of benzene rings is 1. The van der Waals surface area contributed by atoms with E-state index in [0.29, 0.717) is 11.3 Å². The molecule has 0 heterocycles. The van der Waals surface area contributed by atoms with Crippen LogP contribution in [-0.4, -0.2) is 24.9 Å². The average Bonchev–Trinajstić information content (AvgIpc) is 2.54. The molecule has 0 aromatic heterocycles. The molecule has 1 unspecified atom stereocenters. The Morgan fingerprint density at radius 2 is 1.89 bits per heavy atom. The summed E-state index contributed by atoms with van der Waals surface area (Å²) in [5.41, 5.74) is 0. The number of allylic oxidation sites excluding steroid dienone is 1. The van der Waals surface area contributed by atoms with Gasteiger partial charge in [-0.3, -0.25) is 0 Å². The maximum Gasteiger partial charge on any atom is 0.185 e. The standard InChI is InChI=1S/C14H18O3S/c1-11-13(15)9-5-6-10-14(11)18(16,17)12-7-3-2-4-8-12/h2-4,6-8,10-11,13-15H,5,9H2,1H3/t11-,13-,14?/m1/s1. The van der Waals surface area contributed by atoms with Crippen LogP contribution in [0.3, 0.4) is 0 Å². The highest BCUT2D eigenvalue weighted by atomic mass is 32.2. The highest BCUT2D eigenvalue weighted by Gasteiger charge is 2.34. The molecule has 4 heteroatoms.